The second-order valence-electron chi connectivity index (χ2n) is 6.76. The van der Waals surface area contributed by atoms with Gasteiger partial charge < -0.3 is 36.5 Å². The lowest BCUT2D eigenvalue weighted by atomic mass is 10.0. The van der Waals surface area contributed by atoms with E-state index in [0.717, 1.165) is 40.1 Å². The van der Waals surface area contributed by atoms with Crippen LogP contribution in [0.5, 0.6) is 11.5 Å². The first-order chi connectivity index (χ1) is 15.6. The van der Waals surface area contributed by atoms with Crippen LogP contribution in [0, 0.1) is 0 Å². The highest BCUT2D eigenvalue weighted by molar-refractivity contribution is 5.79. The van der Waals surface area contributed by atoms with E-state index in [-0.39, 0.29) is 0 Å². The van der Waals surface area contributed by atoms with Crippen molar-refractivity contribution in [3.8, 4) is 22.6 Å². The molecular formula is C23H35N7O2. The molecule has 0 saturated heterocycles. The number of nitrogens with one attached hydrogen (secondary N) is 4. The minimum absolute atomic E-state index is 0.451. The maximum Gasteiger partial charge on any atom is 0.190 e. The quantitative estimate of drug-likeness (QED) is 0.213. The summed E-state index contributed by atoms with van der Waals surface area (Å²) in [6, 6.07) is 14.0. The van der Waals surface area contributed by atoms with E-state index in [0.29, 0.717) is 32.8 Å². The van der Waals surface area contributed by atoms with Gasteiger partial charge in [0.05, 0.1) is 13.1 Å². The van der Waals surface area contributed by atoms with E-state index in [1.54, 1.807) is 14.1 Å². The van der Waals surface area contributed by atoms with Crippen molar-refractivity contribution in [1.29, 1.82) is 0 Å². The van der Waals surface area contributed by atoms with Crippen LogP contribution in [0.4, 0.5) is 0 Å². The van der Waals surface area contributed by atoms with Gasteiger partial charge in [0.25, 0.3) is 0 Å². The molecule has 0 atom stereocenters. The molecule has 2 aromatic rings. The topological polar surface area (TPSA) is 117 Å². The summed E-state index contributed by atoms with van der Waals surface area (Å²) in [5.74, 6) is 3.02. The Morgan fingerprint density at radius 3 is 2.12 bits per heavy atom. The zero-order valence-corrected chi connectivity index (χ0v) is 19.4. The third-order valence-electron chi connectivity index (χ3n) is 4.66. The first kappa shape index (κ1) is 24.8. The van der Waals surface area contributed by atoms with Crippen LogP contribution in [-0.4, -0.2) is 66.4 Å². The zero-order valence-electron chi connectivity index (χ0n) is 19.4. The molecule has 0 spiro atoms. The van der Waals surface area contributed by atoms with E-state index in [4.69, 9.17) is 15.2 Å². The minimum atomic E-state index is 0.451. The van der Waals surface area contributed by atoms with Gasteiger partial charge in [0.2, 0.25) is 0 Å². The zero-order chi connectivity index (χ0) is 23.2. The summed E-state index contributed by atoms with van der Waals surface area (Å²) in [6.45, 7) is 2.70. The van der Waals surface area contributed by atoms with Crippen molar-refractivity contribution >= 4 is 11.9 Å². The lowest BCUT2D eigenvalue weighted by molar-refractivity contribution is 0.321. The Kier molecular flexibility index (Phi) is 10.7. The average Bonchev–Trinajstić information content (AvgIpc) is 2.84. The van der Waals surface area contributed by atoms with Gasteiger partial charge >= 0.3 is 0 Å². The van der Waals surface area contributed by atoms with Crippen LogP contribution in [0.15, 0.2) is 52.4 Å². The third-order valence-corrected chi connectivity index (χ3v) is 4.66. The van der Waals surface area contributed by atoms with Crippen molar-refractivity contribution < 1.29 is 9.47 Å². The van der Waals surface area contributed by atoms with Gasteiger partial charge in [0, 0.05) is 40.3 Å². The summed E-state index contributed by atoms with van der Waals surface area (Å²) in [4.78, 5) is 8.18. The number of benzene rings is 2. The molecule has 6 N–H and O–H groups in total. The van der Waals surface area contributed by atoms with Crippen LogP contribution in [-0.2, 0) is 6.54 Å². The smallest absolute Gasteiger partial charge is 0.190 e. The van der Waals surface area contributed by atoms with Crippen LogP contribution >= 0.6 is 0 Å². The molecule has 0 saturated carbocycles. The van der Waals surface area contributed by atoms with Crippen LogP contribution in [0.3, 0.4) is 0 Å². The molecule has 0 aliphatic heterocycles. The summed E-state index contributed by atoms with van der Waals surface area (Å²) in [5.41, 5.74) is 8.85. The molecule has 0 aromatic heterocycles. The summed E-state index contributed by atoms with van der Waals surface area (Å²) in [7, 11) is 7.10. The molecule has 0 heterocycles. The van der Waals surface area contributed by atoms with Crippen LogP contribution < -0.4 is 36.5 Å². The number of nitrogens with two attached hydrogens (primary N) is 1. The summed E-state index contributed by atoms with van der Waals surface area (Å²) in [5, 5.41) is 12.3. The molecule has 0 amide bonds. The standard InChI is InChI=1S/C23H35N7O2/c1-25-22(26-2)29-10-12-31-19-7-5-6-18(15-19)20-9-8-17(16-24)14-21(20)32-13-11-30-23(27-3)28-4/h5-9,14-15H,10-13,16,24H2,1-4H3,(H2,25,26,29)(H2,27,28,30). The van der Waals surface area contributed by atoms with Crippen molar-refractivity contribution in [3.05, 3.63) is 48.0 Å². The summed E-state index contributed by atoms with van der Waals surface area (Å²) in [6.07, 6.45) is 0. The van der Waals surface area contributed by atoms with Gasteiger partial charge in [0.1, 0.15) is 24.7 Å². The van der Waals surface area contributed by atoms with Crippen LogP contribution in [0.2, 0.25) is 0 Å². The maximum atomic E-state index is 6.09. The number of hydrogen-bond donors (Lipinski definition) is 5. The van der Waals surface area contributed by atoms with Crippen LogP contribution in [0.25, 0.3) is 11.1 Å². The number of ether oxygens (including phenoxy) is 2. The monoisotopic (exact) mass is 441 g/mol. The van der Waals surface area contributed by atoms with E-state index in [1.807, 2.05) is 56.6 Å². The molecule has 0 aliphatic carbocycles. The van der Waals surface area contributed by atoms with E-state index in [9.17, 15) is 0 Å². The van der Waals surface area contributed by atoms with E-state index < -0.39 is 0 Å². The number of guanidine groups is 2. The highest BCUT2D eigenvalue weighted by atomic mass is 16.5. The van der Waals surface area contributed by atoms with Gasteiger partial charge in [-0.3, -0.25) is 9.98 Å². The molecule has 9 nitrogen and oxygen atoms in total. The van der Waals surface area contributed by atoms with Gasteiger partial charge in [-0.05, 0) is 29.3 Å². The number of hydrogen-bond acceptors (Lipinski definition) is 5. The van der Waals surface area contributed by atoms with Gasteiger partial charge in [0.15, 0.2) is 11.9 Å². The fraction of sp³-hybridized carbons (Fsp3) is 0.391. The highest BCUT2D eigenvalue weighted by Crippen LogP contribution is 2.33. The number of nitrogens with zero attached hydrogens (tertiary/aromatic N) is 2. The second kappa shape index (κ2) is 13.8. The highest BCUT2D eigenvalue weighted by Gasteiger charge is 2.09. The Bertz CT molecular complexity index is 900. The van der Waals surface area contributed by atoms with Crippen LogP contribution in [0.1, 0.15) is 5.56 Å². The molecule has 0 radical (unpaired) electrons. The molecule has 0 aliphatic rings. The normalized spacial score (nSPS) is 11.7. The Labute approximate surface area is 190 Å². The predicted molar refractivity (Wildman–Crippen MR) is 132 cm³/mol. The SMILES string of the molecule is CN=C(NC)NCCOc1cccc(-c2ccc(CN)cc2OCCNC(=NC)NC)c1. The maximum absolute atomic E-state index is 6.09. The van der Waals surface area contributed by atoms with E-state index in [1.165, 1.54) is 0 Å². The fourth-order valence-electron chi connectivity index (χ4n) is 3.03. The largest absolute Gasteiger partial charge is 0.492 e. The van der Waals surface area contributed by atoms with Gasteiger partial charge in [-0.2, -0.15) is 0 Å². The lowest BCUT2D eigenvalue weighted by Crippen LogP contribution is -2.37. The van der Waals surface area contributed by atoms with Crippen molar-refractivity contribution in [2.24, 2.45) is 15.7 Å². The first-order valence-corrected chi connectivity index (χ1v) is 10.6. The lowest BCUT2D eigenvalue weighted by Gasteiger charge is -2.15. The Morgan fingerprint density at radius 2 is 1.53 bits per heavy atom. The summed E-state index contributed by atoms with van der Waals surface area (Å²) < 4.78 is 12.0. The third kappa shape index (κ3) is 7.66. The molecule has 174 valence electrons. The molecule has 32 heavy (non-hydrogen) atoms. The molecule has 9 heteroatoms. The fourth-order valence-corrected chi connectivity index (χ4v) is 3.03. The molecular weight excluding hydrogens is 406 g/mol. The predicted octanol–water partition coefficient (Wildman–Crippen LogP) is 1.16. The van der Waals surface area contributed by atoms with Crippen molar-refractivity contribution in [2.75, 3.05) is 54.5 Å². The second-order valence-corrected chi connectivity index (χ2v) is 6.76. The molecule has 2 aromatic carbocycles. The van der Waals surface area contributed by atoms with Crippen molar-refractivity contribution in [3.63, 3.8) is 0 Å². The summed E-state index contributed by atoms with van der Waals surface area (Å²) >= 11 is 0. The number of rotatable bonds is 10. The van der Waals surface area contributed by atoms with E-state index >= 15 is 0 Å². The molecule has 0 fully saturated rings. The molecule has 0 unspecified atom stereocenters. The Balaban J connectivity index is 2.07. The average molecular weight is 442 g/mol. The van der Waals surface area contributed by atoms with Gasteiger partial charge in [-0.1, -0.05) is 24.3 Å². The molecule has 2 rings (SSSR count). The minimum Gasteiger partial charge on any atom is -0.492 e. The van der Waals surface area contributed by atoms with E-state index in [2.05, 4.69) is 31.3 Å². The molecule has 0 bridgehead atoms. The number of aliphatic imine (C=N–C) groups is 2. The van der Waals surface area contributed by atoms with Gasteiger partial charge in [-0.25, -0.2) is 0 Å². The Hall–Kier alpha value is -3.46. The van der Waals surface area contributed by atoms with Crippen molar-refractivity contribution in [2.45, 2.75) is 6.54 Å². The van der Waals surface area contributed by atoms with Gasteiger partial charge in [-0.15, -0.1) is 0 Å². The first-order valence-electron chi connectivity index (χ1n) is 10.6. The van der Waals surface area contributed by atoms with Crippen molar-refractivity contribution in [1.82, 2.24) is 21.3 Å². The Morgan fingerprint density at radius 1 is 0.875 bits per heavy atom.